The quantitative estimate of drug-likeness (QED) is 0.405. The summed E-state index contributed by atoms with van der Waals surface area (Å²) in [4.78, 5) is 41.5. The van der Waals surface area contributed by atoms with Crippen LogP contribution < -0.4 is 5.32 Å². The molecule has 4 rings (SSSR count). The van der Waals surface area contributed by atoms with Crippen molar-refractivity contribution in [3.63, 3.8) is 0 Å². The number of amides is 1. The van der Waals surface area contributed by atoms with E-state index in [1.807, 2.05) is 20.8 Å². The number of aliphatic hydroxyl groups is 1. The van der Waals surface area contributed by atoms with Crippen LogP contribution in [0.1, 0.15) is 86.5 Å². The van der Waals surface area contributed by atoms with Crippen LogP contribution in [-0.2, 0) is 14.4 Å². The second kappa shape index (κ2) is 9.89. The molecule has 3 saturated carbocycles. The maximum absolute atomic E-state index is 13.9. The molecule has 0 aromatic heterocycles. The number of rotatable bonds is 6. The van der Waals surface area contributed by atoms with Gasteiger partial charge in [-0.05, 0) is 82.2 Å². The van der Waals surface area contributed by atoms with Crippen molar-refractivity contribution in [1.82, 2.24) is 10.2 Å². The molecule has 11 atom stereocenters. The molecule has 37 heavy (non-hydrogen) atoms. The van der Waals surface area contributed by atoms with Crippen molar-refractivity contribution >= 4 is 18.0 Å². The number of fused-ring (bicyclic) bond motifs is 4. The Morgan fingerprint density at radius 3 is 2.49 bits per heavy atom. The fourth-order valence-corrected chi connectivity index (χ4v) is 9.11. The Hall–Kier alpha value is -1.53. The van der Waals surface area contributed by atoms with E-state index in [0.717, 1.165) is 32.0 Å². The molecular weight excluding hydrogens is 464 g/mol. The number of carbonyl (C=O) groups excluding carboxylic acids is 3. The highest BCUT2D eigenvalue weighted by atomic mass is 16.3. The van der Waals surface area contributed by atoms with Gasteiger partial charge in [-0.3, -0.25) is 9.59 Å². The zero-order valence-electron chi connectivity index (χ0n) is 24.3. The number of nitrogens with one attached hydrogen (secondary N) is 1. The molecule has 2 N–H and O–H groups in total. The Labute approximate surface area is 224 Å². The standard InChI is InChI=1S/C31H50N2O4/c1-9-18(2)28(37)32-26-13-10-20-14-21-23(12-11-22(20)29(26,4)17-34)30(5)16-25(36)27(19(3)33(7)8)31(30,6)15-24(21)35/h10,17-19,21-23,25-27,36H,9,11-16H2,1-8H3,(H,32,37)/t18-,19-,21+,22+,23+,25+,26-,27-,29-,30-,31+/m0/s1. The van der Waals surface area contributed by atoms with Gasteiger partial charge in [-0.25, -0.2) is 0 Å². The molecular formula is C31H50N2O4. The van der Waals surface area contributed by atoms with Gasteiger partial charge in [-0.1, -0.05) is 46.3 Å². The number of ketones is 1. The average Bonchev–Trinajstić information content (AvgIpc) is 2.96. The lowest BCUT2D eigenvalue weighted by atomic mass is 9.48. The summed E-state index contributed by atoms with van der Waals surface area (Å²) in [5, 5.41) is 14.6. The average molecular weight is 515 g/mol. The number of aldehydes is 1. The number of carbonyl (C=O) groups is 3. The van der Waals surface area contributed by atoms with Crippen molar-refractivity contribution < 1.29 is 19.5 Å². The van der Waals surface area contributed by atoms with Crippen molar-refractivity contribution in [2.75, 3.05) is 14.1 Å². The van der Waals surface area contributed by atoms with E-state index in [1.165, 1.54) is 5.57 Å². The first kappa shape index (κ1) is 28.5. The zero-order valence-corrected chi connectivity index (χ0v) is 24.3. The number of allylic oxidation sites excluding steroid dienone is 1. The first-order valence-corrected chi connectivity index (χ1v) is 14.6. The Morgan fingerprint density at radius 2 is 1.89 bits per heavy atom. The number of hydrogen-bond acceptors (Lipinski definition) is 5. The second-order valence-corrected chi connectivity index (χ2v) is 13.9. The molecule has 0 radical (unpaired) electrons. The summed E-state index contributed by atoms with van der Waals surface area (Å²) in [5.41, 5.74) is 0.133. The van der Waals surface area contributed by atoms with Gasteiger partial charge in [0, 0.05) is 36.3 Å². The minimum absolute atomic E-state index is 0.0131. The van der Waals surface area contributed by atoms with Gasteiger partial charge < -0.3 is 20.1 Å². The van der Waals surface area contributed by atoms with E-state index in [9.17, 15) is 19.5 Å². The number of aliphatic hydroxyl groups excluding tert-OH is 1. The normalized spacial score (nSPS) is 45.1. The van der Waals surface area contributed by atoms with Gasteiger partial charge in [0.05, 0.1) is 11.5 Å². The lowest BCUT2D eigenvalue weighted by Gasteiger charge is -2.56. The topological polar surface area (TPSA) is 86.7 Å². The van der Waals surface area contributed by atoms with Crippen LogP contribution in [0.4, 0.5) is 0 Å². The van der Waals surface area contributed by atoms with E-state index < -0.39 is 11.5 Å². The number of nitrogens with zero attached hydrogens (tertiary/aromatic N) is 1. The van der Waals surface area contributed by atoms with Gasteiger partial charge >= 0.3 is 0 Å². The molecule has 6 heteroatoms. The summed E-state index contributed by atoms with van der Waals surface area (Å²) >= 11 is 0. The van der Waals surface area contributed by atoms with Crippen molar-refractivity contribution in [2.45, 2.75) is 105 Å². The van der Waals surface area contributed by atoms with E-state index in [0.29, 0.717) is 25.0 Å². The monoisotopic (exact) mass is 514 g/mol. The molecule has 0 heterocycles. The van der Waals surface area contributed by atoms with Crippen LogP contribution in [0.2, 0.25) is 0 Å². The molecule has 0 bridgehead atoms. The van der Waals surface area contributed by atoms with Gasteiger partial charge in [-0.2, -0.15) is 0 Å². The van der Waals surface area contributed by atoms with Gasteiger partial charge in [0.2, 0.25) is 5.91 Å². The fourth-order valence-electron chi connectivity index (χ4n) is 9.11. The minimum atomic E-state index is -0.689. The third-order valence-corrected chi connectivity index (χ3v) is 12.1. The van der Waals surface area contributed by atoms with Crippen LogP contribution in [0.25, 0.3) is 0 Å². The highest BCUT2D eigenvalue weighted by Crippen LogP contribution is 2.69. The van der Waals surface area contributed by atoms with E-state index in [2.05, 4.69) is 51.2 Å². The Kier molecular flexibility index (Phi) is 7.62. The van der Waals surface area contributed by atoms with E-state index >= 15 is 0 Å². The first-order valence-electron chi connectivity index (χ1n) is 14.6. The van der Waals surface area contributed by atoms with E-state index in [-0.39, 0.29) is 58.4 Å². The molecule has 0 aliphatic heterocycles. The van der Waals surface area contributed by atoms with Gasteiger partial charge in [-0.15, -0.1) is 0 Å². The molecule has 0 saturated heterocycles. The first-order chi connectivity index (χ1) is 17.2. The third kappa shape index (κ3) is 4.25. The van der Waals surface area contributed by atoms with E-state index in [1.54, 1.807) is 0 Å². The molecule has 208 valence electrons. The Bertz CT molecular complexity index is 961. The molecule has 6 nitrogen and oxygen atoms in total. The van der Waals surface area contributed by atoms with Crippen LogP contribution in [0.5, 0.6) is 0 Å². The molecule has 0 spiro atoms. The minimum Gasteiger partial charge on any atom is -0.393 e. The Morgan fingerprint density at radius 1 is 1.22 bits per heavy atom. The summed E-state index contributed by atoms with van der Waals surface area (Å²) in [7, 11) is 4.12. The second-order valence-electron chi connectivity index (χ2n) is 13.9. The number of hydrogen-bond donors (Lipinski definition) is 2. The summed E-state index contributed by atoms with van der Waals surface area (Å²) in [6.45, 7) is 12.7. The summed E-state index contributed by atoms with van der Waals surface area (Å²) < 4.78 is 0. The predicted molar refractivity (Wildman–Crippen MR) is 146 cm³/mol. The highest BCUT2D eigenvalue weighted by molar-refractivity contribution is 5.84. The van der Waals surface area contributed by atoms with Crippen LogP contribution in [0, 0.1) is 45.8 Å². The SMILES string of the molecule is CC[C@H](C)C(=O)N[C@H]1CC=C2C[C@H]3C(=O)C[C@]4(C)[C@@H]([C@H](C)N(C)C)[C@H](O)C[C@@]4(C)[C@@H]3CC[C@H]2[C@]1(C)C=O. The fraction of sp³-hybridized carbons (Fsp3) is 0.839. The lowest BCUT2D eigenvalue weighted by Crippen LogP contribution is -2.55. The zero-order chi connectivity index (χ0) is 27.5. The molecule has 0 aromatic carbocycles. The van der Waals surface area contributed by atoms with Crippen LogP contribution in [-0.4, -0.2) is 60.3 Å². The van der Waals surface area contributed by atoms with Crippen LogP contribution in [0.3, 0.4) is 0 Å². The maximum Gasteiger partial charge on any atom is 0.223 e. The summed E-state index contributed by atoms with van der Waals surface area (Å²) in [5.74, 6) is 0.454. The van der Waals surface area contributed by atoms with E-state index in [4.69, 9.17) is 0 Å². The van der Waals surface area contributed by atoms with Crippen molar-refractivity contribution in [3.8, 4) is 0 Å². The van der Waals surface area contributed by atoms with Crippen molar-refractivity contribution in [3.05, 3.63) is 11.6 Å². The van der Waals surface area contributed by atoms with Crippen molar-refractivity contribution in [2.24, 2.45) is 45.8 Å². The molecule has 0 aromatic rings. The maximum atomic E-state index is 13.9. The van der Waals surface area contributed by atoms with Gasteiger partial charge in [0.15, 0.2) is 0 Å². The number of Topliss-reactive ketones (excluding diaryl/α,β-unsaturated/α-hetero) is 1. The summed E-state index contributed by atoms with van der Waals surface area (Å²) in [6.07, 6.45) is 7.92. The van der Waals surface area contributed by atoms with Gasteiger partial charge in [0.25, 0.3) is 0 Å². The highest BCUT2D eigenvalue weighted by Gasteiger charge is 2.67. The van der Waals surface area contributed by atoms with Gasteiger partial charge in [0.1, 0.15) is 12.1 Å². The molecule has 0 unspecified atom stereocenters. The lowest BCUT2D eigenvalue weighted by molar-refractivity contribution is -0.147. The smallest absolute Gasteiger partial charge is 0.223 e. The van der Waals surface area contributed by atoms with Crippen LogP contribution >= 0.6 is 0 Å². The molecule has 4 aliphatic carbocycles. The largest absolute Gasteiger partial charge is 0.393 e. The van der Waals surface area contributed by atoms with Crippen molar-refractivity contribution in [1.29, 1.82) is 0 Å². The molecule has 1 amide bonds. The summed E-state index contributed by atoms with van der Waals surface area (Å²) in [6, 6.07) is -0.0500. The molecule has 4 aliphatic rings. The van der Waals surface area contributed by atoms with Crippen LogP contribution in [0.15, 0.2) is 11.6 Å². The molecule has 3 fully saturated rings. The Balaban J connectivity index is 1.67. The third-order valence-electron chi connectivity index (χ3n) is 12.1. The predicted octanol–water partition coefficient (Wildman–Crippen LogP) is 4.40.